The smallest absolute Gasteiger partial charge is 0.414 e. The summed E-state index contributed by atoms with van der Waals surface area (Å²) in [6.07, 6.45) is 1.11. The number of carboxylic acids is 2. The van der Waals surface area contributed by atoms with Crippen molar-refractivity contribution in [3.8, 4) is 5.75 Å². The van der Waals surface area contributed by atoms with Crippen molar-refractivity contribution in [2.45, 2.75) is 26.2 Å². The average Bonchev–Trinajstić information content (AvgIpc) is 2.39. The summed E-state index contributed by atoms with van der Waals surface area (Å²) in [7, 11) is 4.21. The fraction of sp³-hybridized carbons (Fsp3) is 0.500. The largest absolute Gasteiger partial charge is 0.508 e. The lowest BCUT2D eigenvalue weighted by Crippen LogP contribution is -2.24. The van der Waals surface area contributed by atoms with Crippen molar-refractivity contribution < 1.29 is 24.9 Å². The SMILES string of the molecule is CC[C@@H](c1cccc(O)c1)[C@@H](C)CN(C)C.O=C(O)C(=O)O. The third-order valence-corrected chi connectivity index (χ3v) is 3.26. The Morgan fingerprint density at radius 3 is 2.09 bits per heavy atom. The van der Waals surface area contributed by atoms with Crippen LogP contribution in [0, 0.1) is 5.92 Å². The topological polar surface area (TPSA) is 98.1 Å². The number of phenols is 1. The van der Waals surface area contributed by atoms with Gasteiger partial charge in [-0.25, -0.2) is 9.59 Å². The Labute approximate surface area is 131 Å². The summed E-state index contributed by atoms with van der Waals surface area (Å²) in [4.78, 5) is 20.4. The molecule has 1 aromatic carbocycles. The first kappa shape index (κ1) is 19.9. The lowest BCUT2D eigenvalue weighted by Gasteiger charge is -2.26. The fourth-order valence-electron chi connectivity index (χ4n) is 2.43. The van der Waals surface area contributed by atoms with Gasteiger partial charge in [0, 0.05) is 6.54 Å². The van der Waals surface area contributed by atoms with Crippen molar-refractivity contribution in [2.24, 2.45) is 5.92 Å². The van der Waals surface area contributed by atoms with Crippen LogP contribution in [-0.4, -0.2) is 52.8 Å². The maximum absolute atomic E-state index is 9.51. The molecule has 0 aliphatic carbocycles. The average molecular weight is 311 g/mol. The van der Waals surface area contributed by atoms with Gasteiger partial charge in [-0.05, 0) is 50.0 Å². The van der Waals surface area contributed by atoms with Crippen molar-refractivity contribution >= 4 is 11.9 Å². The van der Waals surface area contributed by atoms with E-state index in [0.717, 1.165) is 13.0 Å². The van der Waals surface area contributed by atoms with Gasteiger partial charge in [0.25, 0.3) is 0 Å². The maximum Gasteiger partial charge on any atom is 0.414 e. The molecule has 0 unspecified atom stereocenters. The molecule has 0 aliphatic rings. The Bertz CT molecular complexity index is 475. The van der Waals surface area contributed by atoms with Gasteiger partial charge in [-0.15, -0.1) is 0 Å². The molecule has 0 saturated heterocycles. The van der Waals surface area contributed by atoms with Crippen LogP contribution in [0.1, 0.15) is 31.7 Å². The molecular weight excluding hydrogens is 286 g/mol. The standard InChI is InChI=1S/C14H23NO.C2H2O4/c1-5-14(11(2)10-15(3)4)12-7-6-8-13(16)9-12;3-1(4)2(5)6/h6-9,11,14,16H,5,10H2,1-4H3;(H,3,4)(H,5,6)/t11-,14+;/m0./s1. The first-order chi connectivity index (χ1) is 10.2. The molecule has 22 heavy (non-hydrogen) atoms. The molecule has 6 heteroatoms. The highest BCUT2D eigenvalue weighted by Gasteiger charge is 2.18. The monoisotopic (exact) mass is 311 g/mol. The molecule has 2 atom stereocenters. The van der Waals surface area contributed by atoms with E-state index >= 15 is 0 Å². The third-order valence-electron chi connectivity index (χ3n) is 3.26. The lowest BCUT2D eigenvalue weighted by atomic mass is 9.85. The highest BCUT2D eigenvalue weighted by Crippen LogP contribution is 2.30. The van der Waals surface area contributed by atoms with Gasteiger partial charge < -0.3 is 20.2 Å². The predicted octanol–water partition coefficient (Wildman–Crippen LogP) is 2.24. The van der Waals surface area contributed by atoms with Crippen LogP contribution in [0.5, 0.6) is 5.75 Å². The van der Waals surface area contributed by atoms with Gasteiger partial charge in [0.05, 0.1) is 0 Å². The lowest BCUT2D eigenvalue weighted by molar-refractivity contribution is -0.159. The van der Waals surface area contributed by atoms with Crippen LogP contribution in [0.2, 0.25) is 0 Å². The molecule has 0 radical (unpaired) electrons. The highest BCUT2D eigenvalue weighted by atomic mass is 16.4. The third kappa shape index (κ3) is 7.64. The van der Waals surface area contributed by atoms with Crippen LogP contribution >= 0.6 is 0 Å². The number of aliphatic carboxylic acids is 2. The van der Waals surface area contributed by atoms with E-state index in [9.17, 15) is 5.11 Å². The summed E-state index contributed by atoms with van der Waals surface area (Å²) in [5.41, 5.74) is 1.25. The molecule has 1 rings (SSSR count). The van der Waals surface area contributed by atoms with Crippen LogP contribution in [-0.2, 0) is 9.59 Å². The van der Waals surface area contributed by atoms with Crippen molar-refractivity contribution in [1.82, 2.24) is 4.90 Å². The second-order valence-corrected chi connectivity index (χ2v) is 5.46. The summed E-state index contributed by atoms with van der Waals surface area (Å²) in [5, 5.41) is 24.3. The molecule has 0 fully saturated rings. The zero-order valence-corrected chi connectivity index (χ0v) is 13.5. The maximum atomic E-state index is 9.51. The van der Waals surface area contributed by atoms with E-state index in [1.54, 1.807) is 6.07 Å². The molecule has 0 spiro atoms. The zero-order valence-electron chi connectivity index (χ0n) is 13.5. The number of carboxylic acid groups (broad SMARTS) is 2. The number of benzene rings is 1. The van der Waals surface area contributed by atoms with Gasteiger partial charge in [-0.3, -0.25) is 0 Å². The van der Waals surface area contributed by atoms with Crippen molar-refractivity contribution in [2.75, 3.05) is 20.6 Å². The van der Waals surface area contributed by atoms with Gasteiger partial charge in [-0.2, -0.15) is 0 Å². The molecule has 0 bridgehead atoms. The first-order valence-electron chi connectivity index (χ1n) is 7.08. The number of phenolic OH excluding ortho intramolecular Hbond substituents is 1. The number of rotatable bonds is 5. The first-order valence-corrected chi connectivity index (χ1v) is 7.08. The van der Waals surface area contributed by atoms with E-state index in [1.807, 2.05) is 12.1 Å². The van der Waals surface area contributed by atoms with Crippen LogP contribution in [0.3, 0.4) is 0 Å². The molecule has 1 aromatic rings. The van der Waals surface area contributed by atoms with Crippen molar-refractivity contribution in [1.29, 1.82) is 0 Å². The van der Waals surface area contributed by atoms with Gasteiger partial charge in [0.15, 0.2) is 0 Å². The van der Waals surface area contributed by atoms with E-state index in [-0.39, 0.29) is 0 Å². The Morgan fingerprint density at radius 2 is 1.73 bits per heavy atom. The quantitative estimate of drug-likeness (QED) is 0.721. The minimum absolute atomic E-state index is 0.369. The Hall–Kier alpha value is -2.08. The summed E-state index contributed by atoms with van der Waals surface area (Å²) in [5.74, 6) is -2.16. The van der Waals surface area contributed by atoms with Crippen LogP contribution in [0.25, 0.3) is 0 Å². The summed E-state index contributed by atoms with van der Waals surface area (Å²) >= 11 is 0. The predicted molar refractivity (Wildman–Crippen MR) is 84.1 cm³/mol. The minimum Gasteiger partial charge on any atom is -0.508 e. The van der Waals surface area contributed by atoms with Gasteiger partial charge >= 0.3 is 11.9 Å². The number of carbonyl (C=O) groups is 2. The minimum atomic E-state index is -1.82. The molecule has 0 aliphatic heterocycles. The summed E-state index contributed by atoms with van der Waals surface area (Å²) < 4.78 is 0. The highest BCUT2D eigenvalue weighted by molar-refractivity contribution is 6.27. The van der Waals surface area contributed by atoms with Gasteiger partial charge in [0.1, 0.15) is 5.75 Å². The molecule has 0 heterocycles. The molecular formula is C16H25NO5. The second kappa shape index (κ2) is 9.78. The van der Waals surface area contributed by atoms with Gasteiger partial charge in [0.2, 0.25) is 0 Å². The Morgan fingerprint density at radius 1 is 1.18 bits per heavy atom. The van der Waals surface area contributed by atoms with E-state index in [0.29, 0.717) is 17.6 Å². The number of hydrogen-bond donors (Lipinski definition) is 3. The zero-order chi connectivity index (χ0) is 17.3. The van der Waals surface area contributed by atoms with Crippen LogP contribution in [0.4, 0.5) is 0 Å². The molecule has 124 valence electrons. The van der Waals surface area contributed by atoms with Crippen LogP contribution < -0.4 is 0 Å². The summed E-state index contributed by atoms with van der Waals surface area (Å²) in [6, 6.07) is 7.66. The Kier molecular flexibility index (Phi) is 8.86. The van der Waals surface area contributed by atoms with E-state index in [2.05, 4.69) is 38.9 Å². The molecule has 3 N–H and O–H groups in total. The van der Waals surface area contributed by atoms with Crippen LogP contribution in [0.15, 0.2) is 24.3 Å². The fourth-order valence-corrected chi connectivity index (χ4v) is 2.43. The second-order valence-electron chi connectivity index (χ2n) is 5.46. The van der Waals surface area contributed by atoms with Gasteiger partial charge in [-0.1, -0.05) is 26.0 Å². The molecule has 0 aromatic heterocycles. The Balaban J connectivity index is 0.000000626. The normalized spacial score (nSPS) is 13.0. The molecule has 0 amide bonds. The summed E-state index contributed by atoms with van der Waals surface area (Å²) in [6.45, 7) is 5.56. The van der Waals surface area contributed by atoms with E-state index < -0.39 is 11.9 Å². The number of aromatic hydroxyl groups is 1. The number of hydrogen-bond acceptors (Lipinski definition) is 4. The molecule has 0 saturated carbocycles. The van der Waals surface area contributed by atoms with Crippen molar-refractivity contribution in [3.05, 3.63) is 29.8 Å². The van der Waals surface area contributed by atoms with Crippen molar-refractivity contribution in [3.63, 3.8) is 0 Å². The molecule has 6 nitrogen and oxygen atoms in total. The number of nitrogens with zero attached hydrogens (tertiary/aromatic N) is 1. The van der Waals surface area contributed by atoms with E-state index in [1.165, 1.54) is 5.56 Å². The van der Waals surface area contributed by atoms with E-state index in [4.69, 9.17) is 19.8 Å².